The fourth-order valence-corrected chi connectivity index (χ4v) is 2.75. The van der Waals surface area contributed by atoms with E-state index in [4.69, 9.17) is 11.6 Å². The van der Waals surface area contributed by atoms with Crippen LogP contribution >= 0.6 is 38.9 Å². The van der Waals surface area contributed by atoms with E-state index in [0.29, 0.717) is 8.81 Å². The van der Waals surface area contributed by atoms with Crippen LogP contribution in [0.15, 0.2) is 10.5 Å². The van der Waals surface area contributed by atoms with Gasteiger partial charge < -0.3 is 9.84 Å². The van der Waals surface area contributed by atoms with Gasteiger partial charge in [0.1, 0.15) is 10.4 Å². The molecule has 0 radical (unpaired) electrons. The molecule has 0 spiro atoms. The first kappa shape index (κ1) is 13.9. The molecular formula is C9H9BrClFO3S. The van der Waals surface area contributed by atoms with E-state index in [1.807, 2.05) is 0 Å². The summed E-state index contributed by atoms with van der Waals surface area (Å²) in [6, 6.07) is 1.48. The summed E-state index contributed by atoms with van der Waals surface area (Å²) in [7, 11) is 0. The molecule has 1 N–H and O–H groups in total. The fraction of sp³-hybridized carbons (Fsp3) is 0.444. The number of hydrogen-bond acceptors (Lipinski definition) is 4. The minimum atomic E-state index is -2.10. The van der Waals surface area contributed by atoms with Gasteiger partial charge >= 0.3 is 5.97 Å². The summed E-state index contributed by atoms with van der Waals surface area (Å²) in [5.41, 5.74) is 0. The molecule has 2 atom stereocenters. The van der Waals surface area contributed by atoms with Crippen LogP contribution in [0.5, 0.6) is 0 Å². The molecule has 0 aliphatic carbocycles. The lowest BCUT2D eigenvalue weighted by molar-refractivity contribution is -0.153. The summed E-state index contributed by atoms with van der Waals surface area (Å²) < 4.78 is 18.8. The second kappa shape index (κ2) is 5.95. The molecule has 1 rings (SSSR count). The minimum Gasteiger partial charge on any atom is -0.464 e. The van der Waals surface area contributed by atoms with Crippen molar-refractivity contribution >= 4 is 44.8 Å². The Balaban J connectivity index is 2.77. The topological polar surface area (TPSA) is 46.5 Å². The van der Waals surface area contributed by atoms with Crippen molar-refractivity contribution in [3.8, 4) is 0 Å². The quantitative estimate of drug-likeness (QED) is 0.862. The number of rotatable bonds is 4. The summed E-state index contributed by atoms with van der Waals surface area (Å²) >= 11 is 9.88. The van der Waals surface area contributed by atoms with Crippen LogP contribution in [-0.2, 0) is 9.53 Å². The number of aliphatic hydroxyl groups is 1. The van der Waals surface area contributed by atoms with Gasteiger partial charge in [-0.1, -0.05) is 11.6 Å². The van der Waals surface area contributed by atoms with Crippen molar-refractivity contribution in [1.82, 2.24) is 0 Å². The summed E-state index contributed by atoms with van der Waals surface area (Å²) in [4.78, 5) is 11.3. The zero-order valence-electron chi connectivity index (χ0n) is 8.25. The molecule has 16 heavy (non-hydrogen) atoms. The summed E-state index contributed by atoms with van der Waals surface area (Å²) in [5.74, 6) is -1.07. The van der Waals surface area contributed by atoms with E-state index in [9.17, 15) is 14.3 Å². The minimum absolute atomic E-state index is 0.0703. The maximum absolute atomic E-state index is 13.4. The summed E-state index contributed by atoms with van der Waals surface area (Å²) in [6.45, 7) is 1.64. The maximum atomic E-state index is 13.4. The van der Waals surface area contributed by atoms with Crippen molar-refractivity contribution in [2.75, 3.05) is 6.61 Å². The van der Waals surface area contributed by atoms with Crippen LogP contribution in [0.2, 0.25) is 4.34 Å². The normalized spacial score (nSPS) is 14.6. The molecule has 0 saturated carbocycles. The van der Waals surface area contributed by atoms with Gasteiger partial charge in [-0.3, -0.25) is 0 Å². The van der Waals surface area contributed by atoms with Crippen LogP contribution in [0, 0.1) is 0 Å². The van der Waals surface area contributed by atoms with Crippen LogP contribution in [0.4, 0.5) is 4.39 Å². The van der Waals surface area contributed by atoms with Crippen LogP contribution < -0.4 is 0 Å². The average Bonchev–Trinajstić information content (AvgIpc) is 2.57. The van der Waals surface area contributed by atoms with Crippen LogP contribution in [0.1, 0.15) is 17.9 Å². The first-order chi connectivity index (χ1) is 7.47. The van der Waals surface area contributed by atoms with Crippen LogP contribution in [0.25, 0.3) is 0 Å². The molecule has 0 aliphatic heterocycles. The predicted molar refractivity (Wildman–Crippen MR) is 63.5 cm³/mol. The third kappa shape index (κ3) is 3.16. The van der Waals surface area contributed by atoms with Crippen LogP contribution in [0.3, 0.4) is 0 Å². The number of hydrogen-bond donors (Lipinski definition) is 1. The average molecular weight is 332 g/mol. The van der Waals surface area contributed by atoms with Crippen molar-refractivity contribution in [1.29, 1.82) is 0 Å². The van der Waals surface area contributed by atoms with E-state index < -0.39 is 18.2 Å². The second-order valence-electron chi connectivity index (χ2n) is 2.87. The van der Waals surface area contributed by atoms with Gasteiger partial charge in [0.05, 0.1) is 6.61 Å². The standard InChI is InChI=1S/C9H9BrClFO3S/c1-2-15-9(14)6(12)7(13)5-3-4(10)8(11)16-5/h3,6-7,13H,2H2,1H3. The third-order valence-electron chi connectivity index (χ3n) is 1.74. The first-order valence-electron chi connectivity index (χ1n) is 4.40. The lowest BCUT2D eigenvalue weighted by atomic mass is 10.2. The van der Waals surface area contributed by atoms with Crippen molar-refractivity contribution < 1.29 is 19.0 Å². The van der Waals surface area contributed by atoms with Gasteiger partial charge in [-0.15, -0.1) is 11.3 Å². The molecule has 2 unspecified atom stereocenters. The Morgan fingerprint density at radius 1 is 1.81 bits per heavy atom. The molecule has 0 bridgehead atoms. The molecule has 3 nitrogen and oxygen atoms in total. The highest BCUT2D eigenvalue weighted by Crippen LogP contribution is 2.36. The molecule has 7 heteroatoms. The van der Waals surface area contributed by atoms with E-state index in [-0.39, 0.29) is 11.5 Å². The lowest BCUT2D eigenvalue weighted by Crippen LogP contribution is -2.25. The molecule has 0 fully saturated rings. The zero-order valence-corrected chi connectivity index (χ0v) is 11.4. The SMILES string of the molecule is CCOC(=O)C(F)C(O)c1cc(Br)c(Cl)s1. The van der Waals surface area contributed by atoms with Gasteiger partial charge in [0.2, 0.25) is 6.17 Å². The number of halogens is 3. The number of aliphatic hydroxyl groups excluding tert-OH is 1. The first-order valence-corrected chi connectivity index (χ1v) is 6.39. The lowest BCUT2D eigenvalue weighted by Gasteiger charge is -2.12. The van der Waals surface area contributed by atoms with Crippen molar-refractivity contribution in [3.63, 3.8) is 0 Å². The predicted octanol–water partition coefficient (Wildman–Crippen LogP) is 3.10. The van der Waals surface area contributed by atoms with Crippen molar-refractivity contribution in [2.45, 2.75) is 19.2 Å². The summed E-state index contributed by atoms with van der Waals surface area (Å²) in [5, 5.41) is 9.58. The maximum Gasteiger partial charge on any atom is 0.343 e. The molecule has 0 aromatic carbocycles. The van der Waals surface area contributed by atoms with E-state index in [1.165, 1.54) is 6.07 Å². The number of esters is 1. The molecule has 90 valence electrons. The number of carbonyl (C=O) groups excluding carboxylic acids is 1. The van der Waals surface area contributed by atoms with Gasteiger partial charge in [-0.2, -0.15) is 0 Å². The number of ether oxygens (including phenoxy) is 1. The van der Waals surface area contributed by atoms with Gasteiger partial charge in [-0.05, 0) is 28.9 Å². The molecule has 0 saturated heterocycles. The van der Waals surface area contributed by atoms with E-state index in [2.05, 4.69) is 20.7 Å². The molecule has 1 aromatic rings. The highest BCUT2D eigenvalue weighted by atomic mass is 79.9. The Labute approximate surface area is 109 Å². The zero-order chi connectivity index (χ0) is 12.3. The largest absolute Gasteiger partial charge is 0.464 e. The third-order valence-corrected chi connectivity index (χ3v) is 4.29. The highest BCUT2D eigenvalue weighted by Gasteiger charge is 2.30. The fourth-order valence-electron chi connectivity index (χ4n) is 1.00. The van der Waals surface area contributed by atoms with E-state index >= 15 is 0 Å². The summed E-state index contributed by atoms with van der Waals surface area (Å²) in [6.07, 6.45) is -3.64. The van der Waals surface area contributed by atoms with Crippen LogP contribution in [-0.4, -0.2) is 23.9 Å². The van der Waals surface area contributed by atoms with Crippen molar-refractivity contribution in [2.24, 2.45) is 0 Å². The molecular weight excluding hydrogens is 323 g/mol. The van der Waals surface area contributed by atoms with Gasteiger partial charge in [0.25, 0.3) is 0 Å². The molecule has 1 aromatic heterocycles. The molecule has 0 amide bonds. The van der Waals surface area contributed by atoms with E-state index in [1.54, 1.807) is 6.92 Å². The van der Waals surface area contributed by atoms with Gasteiger partial charge in [-0.25, -0.2) is 9.18 Å². The number of alkyl halides is 1. The number of thiophene rings is 1. The Kier molecular flexibility index (Phi) is 5.17. The number of carbonyl (C=O) groups is 1. The van der Waals surface area contributed by atoms with Crippen molar-refractivity contribution in [3.05, 3.63) is 19.8 Å². The highest BCUT2D eigenvalue weighted by molar-refractivity contribution is 9.10. The Morgan fingerprint density at radius 2 is 2.44 bits per heavy atom. The van der Waals surface area contributed by atoms with Gasteiger partial charge in [0, 0.05) is 9.35 Å². The Bertz CT molecular complexity index is 365. The Morgan fingerprint density at radius 3 is 2.88 bits per heavy atom. The monoisotopic (exact) mass is 330 g/mol. The molecule has 0 aliphatic rings. The van der Waals surface area contributed by atoms with Gasteiger partial charge in [0.15, 0.2) is 0 Å². The second-order valence-corrected chi connectivity index (χ2v) is 5.41. The Hall–Kier alpha value is -0.170. The smallest absolute Gasteiger partial charge is 0.343 e. The van der Waals surface area contributed by atoms with E-state index in [0.717, 1.165) is 11.3 Å². The molecule has 1 heterocycles.